The summed E-state index contributed by atoms with van der Waals surface area (Å²) in [5.74, 6) is 1.98. The number of aromatic nitrogens is 2. The van der Waals surface area contributed by atoms with Crippen LogP contribution in [0.2, 0.25) is 0 Å². The molecule has 3 aromatic heterocycles. The third-order valence-corrected chi connectivity index (χ3v) is 7.80. The highest BCUT2D eigenvalue weighted by Gasteiger charge is 2.30. The second-order valence-corrected chi connectivity index (χ2v) is 10.2. The average molecular weight is 445 g/mol. The molecule has 0 bridgehead atoms. The maximum atomic E-state index is 6.28. The van der Waals surface area contributed by atoms with Gasteiger partial charge in [0.2, 0.25) is 0 Å². The Kier molecular flexibility index (Phi) is 5.77. The number of nitrogens with zero attached hydrogens (tertiary/aromatic N) is 4. The van der Waals surface area contributed by atoms with Gasteiger partial charge in [-0.2, -0.15) is 11.3 Å². The summed E-state index contributed by atoms with van der Waals surface area (Å²) in [6.07, 6.45) is 0.226. The summed E-state index contributed by atoms with van der Waals surface area (Å²) < 4.78 is 11.8. The first-order valence-electron chi connectivity index (χ1n) is 10.6. The van der Waals surface area contributed by atoms with Crippen LogP contribution in [0, 0.1) is 13.8 Å². The largest absolute Gasteiger partial charge is 0.379 e. The molecule has 3 aromatic rings. The van der Waals surface area contributed by atoms with Gasteiger partial charge in [0, 0.05) is 31.1 Å². The van der Waals surface area contributed by atoms with Crippen molar-refractivity contribution in [1.29, 1.82) is 0 Å². The maximum Gasteiger partial charge on any atom is 0.146 e. The Hall–Kier alpha value is -1.58. The van der Waals surface area contributed by atoms with Gasteiger partial charge in [-0.15, -0.1) is 11.3 Å². The van der Waals surface area contributed by atoms with Gasteiger partial charge in [-0.1, -0.05) is 0 Å². The molecule has 0 saturated carbocycles. The van der Waals surface area contributed by atoms with Crippen molar-refractivity contribution in [2.24, 2.45) is 0 Å². The monoisotopic (exact) mass is 444 g/mol. The predicted octanol–water partition coefficient (Wildman–Crippen LogP) is 4.17. The number of morpholine rings is 2. The second kappa shape index (κ2) is 8.51. The second-order valence-electron chi connectivity index (χ2n) is 8.21. The van der Waals surface area contributed by atoms with Crippen LogP contribution in [0.25, 0.3) is 10.2 Å². The summed E-state index contributed by atoms with van der Waals surface area (Å²) in [5.41, 5.74) is 2.56. The van der Waals surface area contributed by atoms with E-state index in [1.807, 2.05) is 0 Å². The van der Waals surface area contributed by atoms with Gasteiger partial charge in [-0.25, -0.2) is 9.97 Å². The van der Waals surface area contributed by atoms with E-state index >= 15 is 0 Å². The highest BCUT2D eigenvalue weighted by atomic mass is 32.1. The number of aryl methyl sites for hydroxylation is 2. The lowest BCUT2D eigenvalue weighted by molar-refractivity contribution is -0.0173. The Balaban J connectivity index is 1.52. The molecule has 8 heteroatoms. The van der Waals surface area contributed by atoms with E-state index < -0.39 is 0 Å². The topological polar surface area (TPSA) is 50.7 Å². The molecule has 6 nitrogen and oxygen atoms in total. The summed E-state index contributed by atoms with van der Waals surface area (Å²) in [7, 11) is 0. The Morgan fingerprint density at radius 3 is 2.77 bits per heavy atom. The van der Waals surface area contributed by atoms with Crippen LogP contribution in [0.4, 0.5) is 5.82 Å². The van der Waals surface area contributed by atoms with E-state index in [4.69, 9.17) is 19.4 Å². The van der Waals surface area contributed by atoms with Crippen molar-refractivity contribution in [2.75, 3.05) is 44.3 Å². The van der Waals surface area contributed by atoms with Crippen molar-refractivity contribution in [1.82, 2.24) is 14.9 Å². The molecule has 5 rings (SSSR count). The molecule has 0 amide bonds. The molecular weight excluding hydrogens is 416 g/mol. The molecule has 2 saturated heterocycles. The molecule has 0 N–H and O–H groups in total. The van der Waals surface area contributed by atoms with Crippen LogP contribution in [-0.4, -0.2) is 60.4 Å². The first-order valence-corrected chi connectivity index (χ1v) is 12.3. The summed E-state index contributed by atoms with van der Waals surface area (Å²) >= 11 is 3.51. The van der Waals surface area contributed by atoms with E-state index in [-0.39, 0.29) is 12.2 Å². The Morgan fingerprint density at radius 2 is 2.00 bits per heavy atom. The number of anilines is 1. The van der Waals surface area contributed by atoms with Gasteiger partial charge in [-0.05, 0) is 48.7 Å². The van der Waals surface area contributed by atoms with Crippen molar-refractivity contribution in [3.05, 3.63) is 38.7 Å². The molecule has 2 atom stereocenters. The minimum Gasteiger partial charge on any atom is -0.379 e. The molecule has 2 fully saturated rings. The fourth-order valence-corrected chi connectivity index (χ4v) is 6.04. The van der Waals surface area contributed by atoms with Crippen molar-refractivity contribution in [3.63, 3.8) is 0 Å². The Labute approximate surface area is 185 Å². The summed E-state index contributed by atoms with van der Waals surface area (Å²) in [4.78, 5) is 17.3. The number of fused-ring (bicyclic) bond motifs is 1. The van der Waals surface area contributed by atoms with E-state index in [0.29, 0.717) is 0 Å². The first-order chi connectivity index (χ1) is 14.6. The number of hydrogen-bond donors (Lipinski definition) is 0. The standard InChI is InChI=1S/C22H28N4O2S2/c1-14-10-26(11-18(28-14)17-4-9-29-13-17)21-20-15(2)16(3)30-22(20)24-19(23-21)12-25-5-7-27-8-6-25/h4,9,13-14,18H,5-8,10-12H2,1-3H3. The number of rotatable bonds is 4. The lowest BCUT2D eigenvalue weighted by atomic mass is 10.1. The average Bonchev–Trinajstić information content (AvgIpc) is 3.37. The zero-order chi connectivity index (χ0) is 20.7. The van der Waals surface area contributed by atoms with Crippen LogP contribution in [-0.2, 0) is 16.0 Å². The number of hydrogen-bond acceptors (Lipinski definition) is 8. The van der Waals surface area contributed by atoms with Crippen molar-refractivity contribution in [3.8, 4) is 0 Å². The van der Waals surface area contributed by atoms with Crippen LogP contribution in [0.3, 0.4) is 0 Å². The van der Waals surface area contributed by atoms with Gasteiger partial charge >= 0.3 is 0 Å². The third-order valence-electron chi connectivity index (χ3n) is 6.00. The summed E-state index contributed by atoms with van der Waals surface area (Å²) in [6.45, 7) is 12.4. The van der Waals surface area contributed by atoms with Crippen molar-refractivity contribution >= 4 is 38.7 Å². The normalized spacial score (nSPS) is 23.4. The quantitative estimate of drug-likeness (QED) is 0.602. The maximum absolute atomic E-state index is 6.28. The molecule has 160 valence electrons. The molecule has 0 aromatic carbocycles. The lowest BCUT2D eigenvalue weighted by Crippen LogP contribution is -2.43. The Bertz CT molecular complexity index is 1010. The van der Waals surface area contributed by atoms with Gasteiger partial charge in [0.1, 0.15) is 22.6 Å². The smallest absolute Gasteiger partial charge is 0.146 e. The van der Waals surface area contributed by atoms with Crippen LogP contribution in [0.5, 0.6) is 0 Å². The minimum atomic E-state index is 0.0766. The number of ether oxygens (including phenoxy) is 2. The van der Waals surface area contributed by atoms with E-state index in [9.17, 15) is 0 Å². The molecule has 2 unspecified atom stereocenters. The van der Waals surface area contributed by atoms with E-state index in [1.165, 1.54) is 21.4 Å². The van der Waals surface area contributed by atoms with E-state index in [0.717, 1.165) is 62.4 Å². The minimum absolute atomic E-state index is 0.0766. The summed E-state index contributed by atoms with van der Waals surface area (Å²) in [6, 6.07) is 2.17. The van der Waals surface area contributed by atoms with Crippen LogP contribution in [0.1, 0.15) is 34.9 Å². The molecule has 30 heavy (non-hydrogen) atoms. The van der Waals surface area contributed by atoms with Crippen LogP contribution < -0.4 is 4.90 Å². The van der Waals surface area contributed by atoms with Gasteiger partial charge in [-0.3, -0.25) is 4.90 Å². The molecule has 0 aliphatic carbocycles. The van der Waals surface area contributed by atoms with Crippen molar-refractivity contribution in [2.45, 2.75) is 39.5 Å². The van der Waals surface area contributed by atoms with E-state index in [1.54, 1.807) is 22.7 Å². The molecule has 0 radical (unpaired) electrons. The molecular formula is C22H28N4O2S2. The van der Waals surface area contributed by atoms with Crippen LogP contribution in [0.15, 0.2) is 16.8 Å². The zero-order valence-electron chi connectivity index (χ0n) is 17.8. The molecule has 5 heterocycles. The van der Waals surface area contributed by atoms with Gasteiger partial charge in [0.15, 0.2) is 0 Å². The van der Waals surface area contributed by atoms with E-state index in [2.05, 4.69) is 47.4 Å². The number of thiophene rings is 2. The van der Waals surface area contributed by atoms with Gasteiger partial charge < -0.3 is 14.4 Å². The van der Waals surface area contributed by atoms with Crippen molar-refractivity contribution < 1.29 is 9.47 Å². The lowest BCUT2D eigenvalue weighted by Gasteiger charge is -2.38. The Morgan fingerprint density at radius 1 is 1.17 bits per heavy atom. The fourth-order valence-electron chi connectivity index (χ4n) is 4.30. The molecule has 2 aliphatic heterocycles. The SMILES string of the molecule is Cc1sc2nc(CN3CCOCC3)nc(N3CC(C)OC(c4ccsc4)C3)c2c1C. The van der Waals surface area contributed by atoms with Gasteiger partial charge in [0.25, 0.3) is 0 Å². The van der Waals surface area contributed by atoms with Crippen LogP contribution >= 0.6 is 22.7 Å². The fraction of sp³-hybridized carbons (Fsp3) is 0.545. The summed E-state index contributed by atoms with van der Waals surface area (Å²) in [5, 5.41) is 5.53. The highest BCUT2D eigenvalue weighted by molar-refractivity contribution is 7.18. The highest BCUT2D eigenvalue weighted by Crippen LogP contribution is 2.38. The zero-order valence-corrected chi connectivity index (χ0v) is 19.4. The van der Waals surface area contributed by atoms with Gasteiger partial charge in [0.05, 0.1) is 31.2 Å². The molecule has 2 aliphatic rings. The molecule has 0 spiro atoms. The predicted molar refractivity (Wildman–Crippen MR) is 123 cm³/mol. The first kappa shape index (κ1) is 20.3. The third kappa shape index (κ3) is 3.99.